The summed E-state index contributed by atoms with van der Waals surface area (Å²) in [5, 5.41) is 3.53. The summed E-state index contributed by atoms with van der Waals surface area (Å²) >= 11 is 5.94. The largest absolute Gasteiger partial charge is 0.495 e. The Labute approximate surface area is 159 Å². The number of ether oxygens (including phenoxy) is 1. The highest BCUT2D eigenvalue weighted by Crippen LogP contribution is 2.27. The standard InChI is InChI=1S/C20H24ClN3O2/c1-26-19-8-3-2-7-18(19)24-13-11-23(12-14-24)10-9-20(25)22-17-6-4-5-16(21)15-17/h2-8,15H,9-14H2,1H3,(H,22,25)/p+1. The molecule has 26 heavy (non-hydrogen) atoms. The molecule has 1 heterocycles. The zero-order chi connectivity index (χ0) is 18.4. The Bertz CT molecular complexity index is 745. The van der Waals surface area contributed by atoms with Crippen LogP contribution in [0.15, 0.2) is 48.5 Å². The average Bonchev–Trinajstić information content (AvgIpc) is 2.67. The molecule has 0 aromatic heterocycles. The van der Waals surface area contributed by atoms with Crippen molar-refractivity contribution in [3.05, 3.63) is 53.6 Å². The number of para-hydroxylation sites is 2. The third kappa shape index (κ3) is 4.90. The van der Waals surface area contributed by atoms with Gasteiger partial charge < -0.3 is 19.9 Å². The molecule has 0 radical (unpaired) electrons. The lowest BCUT2D eigenvalue weighted by Crippen LogP contribution is -3.15. The van der Waals surface area contributed by atoms with E-state index in [-0.39, 0.29) is 5.91 Å². The van der Waals surface area contributed by atoms with Crippen LogP contribution in [0.2, 0.25) is 5.02 Å². The highest BCUT2D eigenvalue weighted by atomic mass is 35.5. The topological polar surface area (TPSA) is 46.0 Å². The van der Waals surface area contributed by atoms with Gasteiger partial charge >= 0.3 is 0 Å². The molecule has 0 saturated carbocycles. The summed E-state index contributed by atoms with van der Waals surface area (Å²) in [5.74, 6) is 0.948. The van der Waals surface area contributed by atoms with Crippen molar-refractivity contribution in [1.29, 1.82) is 0 Å². The quantitative estimate of drug-likeness (QED) is 0.813. The molecule has 1 aliphatic rings. The van der Waals surface area contributed by atoms with Crippen LogP contribution in [0.1, 0.15) is 6.42 Å². The molecule has 2 aromatic carbocycles. The van der Waals surface area contributed by atoms with Crippen LogP contribution in [0, 0.1) is 0 Å². The van der Waals surface area contributed by atoms with Gasteiger partial charge in [0.05, 0.1) is 51.9 Å². The van der Waals surface area contributed by atoms with Crippen molar-refractivity contribution in [3.63, 3.8) is 0 Å². The Morgan fingerprint density at radius 2 is 1.96 bits per heavy atom. The second-order valence-corrected chi connectivity index (χ2v) is 6.90. The van der Waals surface area contributed by atoms with Crippen molar-refractivity contribution < 1.29 is 14.4 Å². The van der Waals surface area contributed by atoms with Crippen LogP contribution in [-0.4, -0.2) is 45.7 Å². The van der Waals surface area contributed by atoms with Crippen LogP contribution in [-0.2, 0) is 4.79 Å². The SMILES string of the molecule is COc1ccccc1N1CC[NH+](CCC(=O)Nc2cccc(Cl)c2)CC1. The molecule has 0 atom stereocenters. The summed E-state index contributed by atoms with van der Waals surface area (Å²) in [4.78, 5) is 16.0. The summed E-state index contributed by atoms with van der Waals surface area (Å²) in [6.07, 6.45) is 0.510. The second-order valence-electron chi connectivity index (χ2n) is 6.47. The number of rotatable bonds is 6. The number of benzene rings is 2. The third-order valence-electron chi connectivity index (χ3n) is 4.71. The number of carbonyl (C=O) groups excluding carboxylic acids is 1. The Morgan fingerprint density at radius 1 is 1.19 bits per heavy atom. The van der Waals surface area contributed by atoms with E-state index in [9.17, 15) is 4.79 Å². The fraction of sp³-hybridized carbons (Fsp3) is 0.350. The van der Waals surface area contributed by atoms with Crippen LogP contribution in [0.3, 0.4) is 0 Å². The number of quaternary nitrogens is 1. The molecule has 2 N–H and O–H groups in total. The molecule has 6 heteroatoms. The highest BCUT2D eigenvalue weighted by molar-refractivity contribution is 6.30. The maximum absolute atomic E-state index is 12.1. The minimum Gasteiger partial charge on any atom is -0.495 e. The minimum absolute atomic E-state index is 0.0342. The minimum atomic E-state index is 0.0342. The highest BCUT2D eigenvalue weighted by Gasteiger charge is 2.22. The number of amides is 1. The Kier molecular flexibility index (Phi) is 6.36. The van der Waals surface area contributed by atoms with Crippen LogP contribution >= 0.6 is 11.6 Å². The summed E-state index contributed by atoms with van der Waals surface area (Å²) in [6, 6.07) is 15.4. The van der Waals surface area contributed by atoms with E-state index in [2.05, 4.69) is 16.3 Å². The summed E-state index contributed by atoms with van der Waals surface area (Å²) in [5.41, 5.74) is 1.89. The van der Waals surface area contributed by atoms with E-state index in [4.69, 9.17) is 16.3 Å². The predicted molar refractivity (Wildman–Crippen MR) is 105 cm³/mol. The number of piperazine rings is 1. The molecule has 0 bridgehead atoms. The summed E-state index contributed by atoms with van der Waals surface area (Å²) in [6.45, 7) is 4.80. The first-order valence-electron chi connectivity index (χ1n) is 8.92. The number of carbonyl (C=O) groups is 1. The van der Waals surface area contributed by atoms with E-state index >= 15 is 0 Å². The molecule has 0 unspecified atom stereocenters. The van der Waals surface area contributed by atoms with E-state index < -0.39 is 0 Å². The van der Waals surface area contributed by atoms with Crippen molar-refractivity contribution in [1.82, 2.24) is 0 Å². The van der Waals surface area contributed by atoms with Crippen molar-refractivity contribution >= 4 is 28.9 Å². The van der Waals surface area contributed by atoms with Gasteiger partial charge in [0, 0.05) is 10.7 Å². The fourth-order valence-electron chi connectivity index (χ4n) is 3.28. The molecule has 1 saturated heterocycles. The van der Waals surface area contributed by atoms with Crippen molar-refractivity contribution in [2.75, 3.05) is 50.1 Å². The normalized spacial score (nSPS) is 14.9. The number of hydrogen-bond acceptors (Lipinski definition) is 3. The average molecular weight is 375 g/mol. The Hall–Kier alpha value is -2.24. The molecule has 0 aliphatic carbocycles. The van der Waals surface area contributed by atoms with E-state index in [0.29, 0.717) is 11.4 Å². The molecule has 1 amide bonds. The maximum atomic E-state index is 12.1. The lowest BCUT2D eigenvalue weighted by Gasteiger charge is -2.34. The Balaban J connectivity index is 1.45. The number of anilines is 2. The van der Waals surface area contributed by atoms with Crippen LogP contribution in [0.25, 0.3) is 0 Å². The predicted octanol–water partition coefficient (Wildman–Crippen LogP) is 2.08. The van der Waals surface area contributed by atoms with Crippen LogP contribution < -0.4 is 19.9 Å². The fourth-order valence-corrected chi connectivity index (χ4v) is 3.48. The molecule has 1 aliphatic heterocycles. The number of nitrogens with zero attached hydrogens (tertiary/aromatic N) is 1. The van der Waals surface area contributed by atoms with Crippen LogP contribution in [0.4, 0.5) is 11.4 Å². The molecule has 2 aromatic rings. The number of nitrogens with one attached hydrogen (secondary N) is 2. The molecular formula is C20H25ClN3O2+. The smallest absolute Gasteiger partial charge is 0.230 e. The molecule has 138 valence electrons. The molecule has 0 spiro atoms. The summed E-state index contributed by atoms with van der Waals surface area (Å²) in [7, 11) is 1.71. The number of hydrogen-bond donors (Lipinski definition) is 2. The lowest BCUT2D eigenvalue weighted by molar-refractivity contribution is -0.900. The van der Waals surface area contributed by atoms with Gasteiger partial charge in [-0.25, -0.2) is 0 Å². The van der Waals surface area contributed by atoms with E-state index in [1.54, 1.807) is 19.2 Å². The van der Waals surface area contributed by atoms with Gasteiger partial charge in [-0.15, -0.1) is 0 Å². The third-order valence-corrected chi connectivity index (χ3v) is 4.95. The first kappa shape index (κ1) is 18.5. The first-order chi connectivity index (χ1) is 12.7. The van der Waals surface area contributed by atoms with Gasteiger partial charge in [0.1, 0.15) is 5.75 Å². The zero-order valence-electron chi connectivity index (χ0n) is 15.0. The van der Waals surface area contributed by atoms with Gasteiger partial charge in [-0.3, -0.25) is 4.79 Å². The lowest BCUT2D eigenvalue weighted by atomic mass is 10.2. The van der Waals surface area contributed by atoms with Gasteiger partial charge in [0.15, 0.2) is 0 Å². The molecule has 5 nitrogen and oxygen atoms in total. The van der Waals surface area contributed by atoms with Gasteiger partial charge in [0.25, 0.3) is 0 Å². The number of halogens is 1. The molecular weight excluding hydrogens is 350 g/mol. The molecule has 3 rings (SSSR count). The van der Waals surface area contributed by atoms with Gasteiger partial charge in [0.2, 0.25) is 5.91 Å². The first-order valence-corrected chi connectivity index (χ1v) is 9.30. The number of methoxy groups -OCH3 is 1. The van der Waals surface area contributed by atoms with Gasteiger partial charge in [-0.2, -0.15) is 0 Å². The summed E-state index contributed by atoms with van der Waals surface area (Å²) < 4.78 is 5.46. The maximum Gasteiger partial charge on any atom is 0.230 e. The Morgan fingerprint density at radius 3 is 2.69 bits per heavy atom. The van der Waals surface area contributed by atoms with Crippen molar-refractivity contribution in [2.24, 2.45) is 0 Å². The van der Waals surface area contributed by atoms with Crippen LogP contribution in [0.5, 0.6) is 5.75 Å². The molecule has 1 fully saturated rings. The van der Waals surface area contributed by atoms with Crippen molar-refractivity contribution in [2.45, 2.75) is 6.42 Å². The van der Waals surface area contributed by atoms with E-state index in [1.165, 1.54) is 4.90 Å². The zero-order valence-corrected chi connectivity index (χ0v) is 15.8. The van der Waals surface area contributed by atoms with E-state index in [0.717, 1.165) is 49.8 Å². The van der Waals surface area contributed by atoms with Crippen molar-refractivity contribution in [3.8, 4) is 5.75 Å². The monoisotopic (exact) mass is 374 g/mol. The van der Waals surface area contributed by atoms with Gasteiger partial charge in [-0.1, -0.05) is 29.8 Å². The second kappa shape index (κ2) is 8.92. The van der Waals surface area contributed by atoms with E-state index in [1.807, 2.05) is 30.3 Å². The van der Waals surface area contributed by atoms with Gasteiger partial charge in [-0.05, 0) is 30.3 Å².